The number of carbonyl (C=O) groups is 1. The van der Waals surface area contributed by atoms with Crippen molar-refractivity contribution in [1.29, 1.82) is 0 Å². The van der Waals surface area contributed by atoms with Crippen LogP contribution < -0.4 is 19.5 Å². The van der Waals surface area contributed by atoms with E-state index >= 15 is 0 Å². The second-order valence-corrected chi connectivity index (χ2v) is 5.83. The summed E-state index contributed by atoms with van der Waals surface area (Å²) in [5.41, 5.74) is 1.89. The average molecular weight is 364 g/mol. The third-order valence-corrected chi connectivity index (χ3v) is 4.07. The Labute approximate surface area is 152 Å². The molecule has 2 aromatic rings. The number of ether oxygens (including phenoxy) is 3. The van der Waals surface area contributed by atoms with Crippen LogP contribution in [0.5, 0.6) is 17.2 Å². The lowest BCUT2D eigenvalue weighted by molar-refractivity contribution is -0.121. The van der Waals surface area contributed by atoms with E-state index in [1.54, 1.807) is 27.4 Å². The Morgan fingerprint density at radius 3 is 2.24 bits per heavy atom. The lowest BCUT2D eigenvalue weighted by atomic mass is 10.1. The molecule has 0 aliphatic carbocycles. The zero-order chi connectivity index (χ0) is 18.2. The van der Waals surface area contributed by atoms with Crippen LogP contribution in [-0.4, -0.2) is 27.2 Å². The molecule has 0 radical (unpaired) electrons. The second-order valence-electron chi connectivity index (χ2n) is 5.40. The summed E-state index contributed by atoms with van der Waals surface area (Å²) >= 11 is 5.86. The predicted molar refractivity (Wildman–Crippen MR) is 97.7 cm³/mol. The maximum atomic E-state index is 12.1. The zero-order valence-corrected chi connectivity index (χ0v) is 15.4. The van der Waals surface area contributed by atoms with Crippen LogP contribution in [0.15, 0.2) is 36.4 Å². The molecule has 0 aromatic heterocycles. The van der Waals surface area contributed by atoms with Crippen molar-refractivity contribution in [3.05, 3.63) is 52.5 Å². The summed E-state index contributed by atoms with van der Waals surface area (Å²) in [6, 6.07) is 11.1. The van der Waals surface area contributed by atoms with Crippen molar-refractivity contribution in [2.24, 2.45) is 0 Å². The molecule has 0 aliphatic rings. The van der Waals surface area contributed by atoms with E-state index < -0.39 is 0 Å². The van der Waals surface area contributed by atoms with Crippen molar-refractivity contribution in [2.45, 2.75) is 19.4 Å². The second kappa shape index (κ2) is 9.18. The fraction of sp³-hybridized carbons (Fsp3) is 0.316. The van der Waals surface area contributed by atoms with Gasteiger partial charge in [-0.2, -0.15) is 0 Å². The van der Waals surface area contributed by atoms with Crippen LogP contribution >= 0.6 is 11.6 Å². The van der Waals surface area contributed by atoms with Gasteiger partial charge < -0.3 is 19.5 Å². The normalized spacial score (nSPS) is 10.2. The fourth-order valence-electron chi connectivity index (χ4n) is 2.49. The van der Waals surface area contributed by atoms with Crippen molar-refractivity contribution in [3.8, 4) is 17.2 Å². The molecule has 0 saturated carbocycles. The molecule has 0 aliphatic heterocycles. The molecule has 0 heterocycles. The van der Waals surface area contributed by atoms with Crippen LogP contribution in [-0.2, 0) is 17.8 Å². The highest BCUT2D eigenvalue weighted by molar-refractivity contribution is 6.30. The van der Waals surface area contributed by atoms with Crippen molar-refractivity contribution in [1.82, 2.24) is 5.32 Å². The van der Waals surface area contributed by atoms with Gasteiger partial charge in [0.25, 0.3) is 0 Å². The number of hydrogen-bond donors (Lipinski definition) is 1. The van der Waals surface area contributed by atoms with Crippen LogP contribution in [0.3, 0.4) is 0 Å². The molecular weight excluding hydrogens is 342 g/mol. The summed E-state index contributed by atoms with van der Waals surface area (Å²) in [6.45, 7) is 0.350. The van der Waals surface area contributed by atoms with Gasteiger partial charge in [0.2, 0.25) is 11.7 Å². The van der Waals surface area contributed by atoms with Gasteiger partial charge in [-0.15, -0.1) is 0 Å². The average Bonchev–Trinajstić information content (AvgIpc) is 2.64. The molecule has 25 heavy (non-hydrogen) atoms. The number of methoxy groups -OCH3 is 3. The van der Waals surface area contributed by atoms with Crippen LogP contribution in [0.25, 0.3) is 0 Å². The maximum absolute atomic E-state index is 12.1. The lowest BCUT2D eigenvalue weighted by Crippen LogP contribution is -2.23. The molecule has 6 heteroatoms. The quantitative estimate of drug-likeness (QED) is 0.778. The SMILES string of the molecule is COc1ccc(CNC(=O)CCc2ccc(Cl)cc2)c(OC)c1OC. The Morgan fingerprint density at radius 1 is 0.960 bits per heavy atom. The van der Waals surface area contributed by atoms with E-state index in [2.05, 4.69) is 5.32 Å². The molecule has 2 rings (SSSR count). The minimum atomic E-state index is -0.0354. The first-order valence-corrected chi connectivity index (χ1v) is 8.25. The summed E-state index contributed by atoms with van der Waals surface area (Å²) in [4.78, 5) is 12.1. The molecule has 0 spiro atoms. The largest absolute Gasteiger partial charge is 0.493 e. The summed E-state index contributed by atoms with van der Waals surface area (Å²) in [5, 5.41) is 3.59. The van der Waals surface area contributed by atoms with Gasteiger partial charge in [-0.1, -0.05) is 23.7 Å². The summed E-state index contributed by atoms with van der Waals surface area (Å²) in [5.74, 6) is 1.61. The highest BCUT2D eigenvalue weighted by Gasteiger charge is 2.16. The monoisotopic (exact) mass is 363 g/mol. The Bertz CT molecular complexity index is 716. The molecule has 0 fully saturated rings. The molecule has 1 amide bonds. The van der Waals surface area contributed by atoms with Gasteiger partial charge in [-0.3, -0.25) is 4.79 Å². The van der Waals surface area contributed by atoms with E-state index in [0.29, 0.717) is 41.7 Å². The molecule has 0 bridgehead atoms. The zero-order valence-electron chi connectivity index (χ0n) is 14.6. The highest BCUT2D eigenvalue weighted by atomic mass is 35.5. The van der Waals surface area contributed by atoms with Gasteiger partial charge in [0.1, 0.15) is 0 Å². The van der Waals surface area contributed by atoms with E-state index in [4.69, 9.17) is 25.8 Å². The van der Waals surface area contributed by atoms with E-state index in [9.17, 15) is 4.79 Å². The number of nitrogens with one attached hydrogen (secondary N) is 1. The number of benzene rings is 2. The third-order valence-electron chi connectivity index (χ3n) is 3.82. The third kappa shape index (κ3) is 5.03. The van der Waals surface area contributed by atoms with E-state index in [1.807, 2.05) is 30.3 Å². The standard InChI is InChI=1S/C19H22ClNO4/c1-23-16-10-7-14(18(24-2)19(16)25-3)12-21-17(22)11-6-13-4-8-15(20)9-5-13/h4-5,7-10H,6,11-12H2,1-3H3,(H,21,22). The van der Waals surface area contributed by atoms with Crippen LogP contribution in [0.4, 0.5) is 0 Å². The van der Waals surface area contributed by atoms with Crippen LogP contribution in [0, 0.1) is 0 Å². The molecule has 134 valence electrons. The first-order chi connectivity index (χ1) is 12.1. The van der Waals surface area contributed by atoms with Crippen LogP contribution in [0.2, 0.25) is 5.02 Å². The lowest BCUT2D eigenvalue weighted by Gasteiger charge is -2.16. The van der Waals surface area contributed by atoms with Crippen molar-refractivity contribution < 1.29 is 19.0 Å². The number of aryl methyl sites for hydroxylation is 1. The summed E-state index contributed by atoms with van der Waals surface area (Å²) < 4.78 is 16.0. The molecule has 5 nitrogen and oxygen atoms in total. The topological polar surface area (TPSA) is 56.8 Å². The van der Waals surface area contributed by atoms with E-state index in [0.717, 1.165) is 11.1 Å². The van der Waals surface area contributed by atoms with Crippen molar-refractivity contribution >= 4 is 17.5 Å². The van der Waals surface area contributed by atoms with Crippen molar-refractivity contribution in [2.75, 3.05) is 21.3 Å². The minimum absolute atomic E-state index is 0.0354. The first kappa shape index (κ1) is 18.9. The number of halogens is 1. The summed E-state index contributed by atoms with van der Waals surface area (Å²) in [6.07, 6.45) is 1.06. The first-order valence-electron chi connectivity index (χ1n) is 7.88. The molecule has 2 aromatic carbocycles. The highest BCUT2D eigenvalue weighted by Crippen LogP contribution is 2.39. The number of hydrogen-bond acceptors (Lipinski definition) is 4. The van der Waals surface area contributed by atoms with E-state index in [1.165, 1.54) is 0 Å². The van der Waals surface area contributed by atoms with Gasteiger partial charge in [0.15, 0.2) is 11.5 Å². The van der Waals surface area contributed by atoms with Crippen molar-refractivity contribution in [3.63, 3.8) is 0 Å². The van der Waals surface area contributed by atoms with Crippen LogP contribution in [0.1, 0.15) is 17.5 Å². The molecule has 0 unspecified atom stereocenters. The molecule has 1 N–H and O–H groups in total. The Hall–Kier alpha value is -2.40. The van der Waals surface area contributed by atoms with Gasteiger partial charge in [0, 0.05) is 23.6 Å². The smallest absolute Gasteiger partial charge is 0.220 e. The van der Waals surface area contributed by atoms with Gasteiger partial charge in [-0.25, -0.2) is 0 Å². The van der Waals surface area contributed by atoms with Gasteiger partial charge in [0.05, 0.1) is 21.3 Å². The fourth-order valence-corrected chi connectivity index (χ4v) is 2.62. The predicted octanol–water partition coefficient (Wildman–Crippen LogP) is 3.61. The number of carbonyl (C=O) groups excluding carboxylic acids is 1. The van der Waals surface area contributed by atoms with Gasteiger partial charge >= 0.3 is 0 Å². The number of rotatable bonds is 8. The maximum Gasteiger partial charge on any atom is 0.220 e. The van der Waals surface area contributed by atoms with Gasteiger partial charge in [-0.05, 0) is 36.2 Å². The Balaban J connectivity index is 1.96. The summed E-state index contributed by atoms with van der Waals surface area (Å²) in [7, 11) is 4.67. The molecular formula is C19H22ClNO4. The Morgan fingerprint density at radius 2 is 1.64 bits per heavy atom. The Kier molecular flexibility index (Phi) is 6.95. The minimum Gasteiger partial charge on any atom is -0.493 e. The molecule has 0 atom stereocenters. The van der Waals surface area contributed by atoms with E-state index in [-0.39, 0.29) is 5.91 Å². The number of amides is 1. The molecule has 0 saturated heterocycles.